The third kappa shape index (κ3) is 2.37. The number of ether oxygens (including phenoxy) is 2. The lowest BCUT2D eigenvalue weighted by Gasteiger charge is -2.40. The van der Waals surface area contributed by atoms with Crippen molar-refractivity contribution in [2.24, 2.45) is 0 Å². The Labute approximate surface area is 119 Å². The van der Waals surface area contributed by atoms with Crippen LogP contribution in [0.2, 0.25) is 5.02 Å². The molecule has 0 aromatic carbocycles. The summed E-state index contributed by atoms with van der Waals surface area (Å²) in [5.41, 5.74) is -0.154. The van der Waals surface area contributed by atoms with Crippen LogP contribution in [0.1, 0.15) is 6.42 Å². The van der Waals surface area contributed by atoms with Gasteiger partial charge in [0.1, 0.15) is 11.4 Å². The summed E-state index contributed by atoms with van der Waals surface area (Å²) in [6.45, 7) is 3.83. The number of aromatic nitrogens is 1. The van der Waals surface area contributed by atoms with E-state index in [1.54, 1.807) is 6.20 Å². The second-order valence-electron chi connectivity index (χ2n) is 4.71. The van der Waals surface area contributed by atoms with Crippen LogP contribution in [0.4, 0.5) is 5.82 Å². The average molecular weight is 334 g/mol. The lowest BCUT2D eigenvalue weighted by atomic mass is 10.0. The van der Waals surface area contributed by atoms with Gasteiger partial charge in [0, 0.05) is 25.8 Å². The van der Waals surface area contributed by atoms with E-state index in [0.717, 1.165) is 36.4 Å². The molecule has 1 aromatic heterocycles. The molecule has 2 saturated heterocycles. The van der Waals surface area contributed by atoms with Crippen LogP contribution in [-0.4, -0.2) is 43.5 Å². The summed E-state index contributed by atoms with van der Waals surface area (Å²) in [7, 11) is 0. The van der Waals surface area contributed by atoms with E-state index in [-0.39, 0.29) is 5.60 Å². The molecule has 0 aliphatic carbocycles. The first-order valence-electron chi connectivity index (χ1n) is 5.96. The van der Waals surface area contributed by atoms with E-state index >= 15 is 0 Å². The molecule has 18 heavy (non-hydrogen) atoms. The third-order valence-electron chi connectivity index (χ3n) is 3.40. The molecule has 98 valence electrons. The summed E-state index contributed by atoms with van der Waals surface area (Å²) in [6, 6.07) is 1.87. The minimum Gasteiger partial charge on any atom is -0.378 e. The molecule has 1 spiro atoms. The first-order chi connectivity index (χ1) is 8.69. The van der Waals surface area contributed by atoms with Crippen molar-refractivity contribution in [3.63, 3.8) is 0 Å². The number of rotatable bonds is 1. The van der Waals surface area contributed by atoms with Crippen LogP contribution in [-0.2, 0) is 9.47 Å². The lowest BCUT2D eigenvalue weighted by Crippen LogP contribution is -2.52. The van der Waals surface area contributed by atoms with Crippen molar-refractivity contribution in [1.82, 2.24) is 4.98 Å². The Morgan fingerprint density at radius 1 is 1.44 bits per heavy atom. The average Bonchev–Trinajstić information content (AvgIpc) is 2.77. The standard InChI is InChI=1S/C12H14BrClN2O2/c13-10-5-9(14)6-15-11(10)16-2-4-18-12(7-16)1-3-17-8-12/h5-6H,1-4,7-8H2/t12-/m1/s1. The number of pyridine rings is 1. The Balaban J connectivity index is 1.83. The van der Waals surface area contributed by atoms with Gasteiger partial charge in [0.05, 0.1) is 29.3 Å². The molecule has 1 aromatic rings. The number of halogens is 2. The highest BCUT2D eigenvalue weighted by Gasteiger charge is 2.41. The van der Waals surface area contributed by atoms with E-state index in [2.05, 4.69) is 25.8 Å². The molecule has 2 aliphatic rings. The Bertz CT molecular complexity index is 452. The number of nitrogens with zero attached hydrogens (tertiary/aromatic N) is 2. The van der Waals surface area contributed by atoms with E-state index in [9.17, 15) is 0 Å². The van der Waals surface area contributed by atoms with Gasteiger partial charge in [0.25, 0.3) is 0 Å². The zero-order chi connectivity index (χ0) is 12.6. The van der Waals surface area contributed by atoms with Crippen molar-refractivity contribution in [2.45, 2.75) is 12.0 Å². The van der Waals surface area contributed by atoms with Crippen molar-refractivity contribution < 1.29 is 9.47 Å². The molecule has 0 saturated carbocycles. The van der Waals surface area contributed by atoms with Gasteiger partial charge in [-0.2, -0.15) is 0 Å². The van der Waals surface area contributed by atoms with E-state index < -0.39 is 0 Å². The van der Waals surface area contributed by atoms with Crippen LogP contribution in [0.3, 0.4) is 0 Å². The van der Waals surface area contributed by atoms with Gasteiger partial charge in [0.15, 0.2) is 0 Å². The van der Waals surface area contributed by atoms with Gasteiger partial charge in [-0.15, -0.1) is 0 Å². The van der Waals surface area contributed by atoms with E-state index in [1.807, 2.05) is 6.07 Å². The zero-order valence-corrected chi connectivity index (χ0v) is 12.2. The molecule has 3 heterocycles. The monoisotopic (exact) mass is 332 g/mol. The molecule has 3 rings (SSSR count). The summed E-state index contributed by atoms with van der Waals surface area (Å²) in [6.07, 6.45) is 2.63. The second-order valence-corrected chi connectivity index (χ2v) is 6.01. The number of anilines is 1. The predicted octanol–water partition coefficient (Wildman–Crippen LogP) is 2.49. The summed E-state index contributed by atoms with van der Waals surface area (Å²) in [5, 5.41) is 0.637. The molecule has 2 fully saturated rings. The highest BCUT2D eigenvalue weighted by atomic mass is 79.9. The van der Waals surface area contributed by atoms with Crippen LogP contribution >= 0.6 is 27.5 Å². The van der Waals surface area contributed by atoms with E-state index in [0.29, 0.717) is 18.2 Å². The molecule has 0 bridgehead atoms. The first-order valence-corrected chi connectivity index (χ1v) is 7.13. The molecule has 1 atom stereocenters. The minimum atomic E-state index is -0.154. The van der Waals surface area contributed by atoms with Crippen molar-refractivity contribution in [3.05, 3.63) is 21.8 Å². The molecule has 4 nitrogen and oxygen atoms in total. The summed E-state index contributed by atoms with van der Waals surface area (Å²) in [5.74, 6) is 0.925. The van der Waals surface area contributed by atoms with Gasteiger partial charge in [0.2, 0.25) is 0 Å². The second kappa shape index (κ2) is 4.96. The van der Waals surface area contributed by atoms with Gasteiger partial charge in [-0.3, -0.25) is 0 Å². The van der Waals surface area contributed by atoms with E-state index in [1.165, 1.54) is 0 Å². The summed E-state index contributed by atoms with van der Waals surface area (Å²) < 4.78 is 12.3. The van der Waals surface area contributed by atoms with E-state index in [4.69, 9.17) is 21.1 Å². The van der Waals surface area contributed by atoms with Gasteiger partial charge in [-0.05, 0) is 22.0 Å². The van der Waals surface area contributed by atoms with Crippen LogP contribution in [0.25, 0.3) is 0 Å². The van der Waals surface area contributed by atoms with Crippen LogP contribution < -0.4 is 4.90 Å². The quantitative estimate of drug-likeness (QED) is 0.791. The molecular formula is C12H14BrClN2O2. The smallest absolute Gasteiger partial charge is 0.143 e. The minimum absolute atomic E-state index is 0.154. The normalized spacial score (nSPS) is 28.0. The maximum absolute atomic E-state index is 5.92. The zero-order valence-electron chi connectivity index (χ0n) is 9.86. The van der Waals surface area contributed by atoms with Gasteiger partial charge in [-0.25, -0.2) is 4.98 Å². The topological polar surface area (TPSA) is 34.6 Å². The predicted molar refractivity (Wildman–Crippen MR) is 73.3 cm³/mol. The summed E-state index contributed by atoms with van der Waals surface area (Å²) >= 11 is 9.44. The van der Waals surface area contributed by atoms with Gasteiger partial charge >= 0.3 is 0 Å². The van der Waals surface area contributed by atoms with Crippen LogP contribution in [0.15, 0.2) is 16.7 Å². The third-order valence-corrected chi connectivity index (χ3v) is 4.19. The maximum atomic E-state index is 5.92. The van der Waals surface area contributed by atoms with Gasteiger partial charge in [-0.1, -0.05) is 11.6 Å². The fraction of sp³-hybridized carbons (Fsp3) is 0.583. The molecule has 0 radical (unpaired) electrons. The Morgan fingerprint density at radius 2 is 2.33 bits per heavy atom. The first kappa shape index (κ1) is 12.7. The summed E-state index contributed by atoms with van der Waals surface area (Å²) in [4.78, 5) is 6.64. The van der Waals surface area contributed by atoms with Gasteiger partial charge < -0.3 is 14.4 Å². The molecule has 0 amide bonds. The molecule has 0 N–H and O–H groups in total. The van der Waals surface area contributed by atoms with Crippen molar-refractivity contribution in [1.29, 1.82) is 0 Å². The Morgan fingerprint density at radius 3 is 3.06 bits per heavy atom. The van der Waals surface area contributed by atoms with Crippen LogP contribution in [0, 0.1) is 0 Å². The maximum Gasteiger partial charge on any atom is 0.143 e. The Hall–Kier alpha value is -0.360. The van der Waals surface area contributed by atoms with Crippen molar-refractivity contribution in [2.75, 3.05) is 37.8 Å². The van der Waals surface area contributed by atoms with Crippen molar-refractivity contribution in [3.8, 4) is 0 Å². The van der Waals surface area contributed by atoms with Crippen LogP contribution in [0.5, 0.6) is 0 Å². The molecule has 2 aliphatic heterocycles. The Kier molecular flexibility index (Phi) is 3.49. The molecule has 0 unspecified atom stereocenters. The molecule has 6 heteroatoms. The number of hydrogen-bond acceptors (Lipinski definition) is 4. The lowest BCUT2D eigenvalue weighted by molar-refractivity contribution is -0.0581. The fourth-order valence-corrected chi connectivity index (χ4v) is 3.38. The number of morpholine rings is 1. The largest absolute Gasteiger partial charge is 0.378 e. The number of hydrogen-bond donors (Lipinski definition) is 0. The fourth-order valence-electron chi connectivity index (χ4n) is 2.49. The SMILES string of the molecule is Clc1cnc(N2CCO[C@]3(CCOC3)C2)c(Br)c1. The highest BCUT2D eigenvalue weighted by molar-refractivity contribution is 9.10. The molecular weight excluding hydrogens is 320 g/mol. The highest BCUT2D eigenvalue weighted by Crippen LogP contribution is 2.33. The van der Waals surface area contributed by atoms with Crippen molar-refractivity contribution >= 4 is 33.3 Å².